The molecule has 4 heteroatoms. The lowest BCUT2D eigenvalue weighted by molar-refractivity contribution is 0.569. The largest absolute Gasteiger partial charge is 0.365 e. The molecule has 1 aliphatic rings. The van der Waals surface area contributed by atoms with E-state index < -0.39 is 0 Å². The lowest BCUT2D eigenvalue weighted by Gasteiger charge is -2.27. The van der Waals surface area contributed by atoms with Crippen LogP contribution in [0, 0.1) is 0 Å². The third kappa shape index (κ3) is 4.31. The first-order valence-electron chi connectivity index (χ1n) is 9.70. The van der Waals surface area contributed by atoms with Crippen molar-refractivity contribution in [2.45, 2.75) is 39.7 Å². The van der Waals surface area contributed by atoms with Crippen molar-refractivity contribution in [2.75, 3.05) is 23.3 Å². The Hall–Kier alpha value is -2.62. The van der Waals surface area contributed by atoms with Crippen LogP contribution in [0.5, 0.6) is 0 Å². The van der Waals surface area contributed by atoms with Gasteiger partial charge in [0.2, 0.25) is 5.95 Å². The molecule has 136 valence electrons. The summed E-state index contributed by atoms with van der Waals surface area (Å²) in [5.41, 5.74) is 2.25. The maximum absolute atomic E-state index is 4.84. The smallest absolute Gasteiger partial charge is 0.227 e. The minimum atomic E-state index is 0.765. The second-order valence-corrected chi connectivity index (χ2v) is 6.28. The zero-order valence-electron chi connectivity index (χ0n) is 15.8. The molecule has 0 spiro atoms. The summed E-state index contributed by atoms with van der Waals surface area (Å²) in [7, 11) is 0. The molecule has 4 nitrogen and oxygen atoms in total. The second-order valence-electron chi connectivity index (χ2n) is 6.28. The zero-order valence-corrected chi connectivity index (χ0v) is 15.8. The Kier molecular flexibility index (Phi) is 6.42. The van der Waals surface area contributed by atoms with Crippen molar-refractivity contribution < 1.29 is 0 Å². The van der Waals surface area contributed by atoms with E-state index in [0.29, 0.717) is 0 Å². The second kappa shape index (κ2) is 9.18. The average Bonchev–Trinajstić information content (AvgIpc) is 2.74. The number of hydrogen-bond donors (Lipinski definition) is 1. The van der Waals surface area contributed by atoms with Gasteiger partial charge in [0, 0.05) is 25.0 Å². The first kappa shape index (κ1) is 18.2. The molecule has 1 N–H and O–H groups in total. The lowest BCUT2D eigenvalue weighted by Crippen LogP contribution is -2.31. The van der Waals surface area contributed by atoms with Gasteiger partial charge in [0.25, 0.3) is 0 Å². The molecule has 2 heterocycles. The maximum Gasteiger partial charge on any atom is 0.227 e. The Bertz CT molecular complexity index is 811. The van der Waals surface area contributed by atoms with E-state index in [1.54, 1.807) is 0 Å². The molecule has 0 radical (unpaired) electrons. The number of benzene rings is 2. The van der Waals surface area contributed by atoms with Crippen LogP contribution in [-0.4, -0.2) is 23.1 Å². The predicted molar refractivity (Wildman–Crippen MR) is 111 cm³/mol. The average molecular weight is 348 g/mol. The number of rotatable bonds is 4. The van der Waals surface area contributed by atoms with Crippen LogP contribution in [0.2, 0.25) is 0 Å². The Morgan fingerprint density at radius 2 is 1.54 bits per heavy atom. The van der Waals surface area contributed by atoms with Crippen LogP contribution < -0.4 is 10.2 Å². The van der Waals surface area contributed by atoms with Crippen molar-refractivity contribution in [3.8, 4) is 0 Å². The minimum absolute atomic E-state index is 0.765. The van der Waals surface area contributed by atoms with Crippen molar-refractivity contribution in [1.82, 2.24) is 9.97 Å². The van der Waals surface area contributed by atoms with E-state index >= 15 is 0 Å². The molecule has 1 saturated heterocycles. The highest BCUT2D eigenvalue weighted by molar-refractivity contribution is 5.90. The molecule has 1 aliphatic heterocycles. The third-order valence-electron chi connectivity index (χ3n) is 4.53. The number of hydrogen-bond acceptors (Lipinski definition) is 4. The van der Waals surface area contributed by atoms with Crippen molar-refractivity contribution in [3.63, 3.8) is 0 Å². The van der Waals surface area contributed by atoms with E-state index in [9.17, 15) is 0 Å². The van der Waals surface area contributed by atoms with Crippen LogP contribution in [-0.2, 0) is 6.54 Å². The van der Waals surface area contributed by atoms with Gasteiger partial charge in [-0.2, -0.15) is 4.98 Å². The van der Waals surface area contributed by atoms with Gasteiger partial charge in [-0.1, -0.05) is 56.3 Å². The molecule has 0 atom stereocenters. The van der Waals surface area contributed by atoms with Gasteiger partial charge in [-0.15, -0.1) is 0 Å². The summed E-state index contributed by atoms with van der Waals surface area (Å²) in [4.78, 5) is 11.9. The highest BCUT2D eigenvalue weighted by Gasteiger charge is 2.16. The molecule has 4 rings (SSSR count). The van der Waals surface area contributed by atoms with E-state index in [2.05, 4.69) is 46.6 Å². The molecular formula is C22H28N4. The minimum Gasteiger partial charge on any atom is -0.365 e. The van der Waals surface area contributed by atoms with E-state index in [4.69, 9.17) is 9.97 Å². The summed E-state index contributed by atoms with van der Waals surface area (Å²) in [6.45, 7) is 6.87. The van der Waals surface area contributed by atoms with E-state index in [0.717, 1.165) is 42.3 Å². The molecule has 1 aromatic heterocycles. The number of nitrogens with zero attached hydrogens (tertiary/aromatic N) is 3. The van der Waals surface area contributed by atoms with Crippen molar-refractivity contribution in [3.05, 3.63) is 60.2 Å². The van der Waals surface area contributed by atoms with Crippen LogP contribution >= 0.6 is 0 Å². The summed E-state index contributed by atoms with van der Waals surface area (Å²) in [5, 5.41) is 4.58. The van der Waals surface area contributed by atoms with Gasteiger partial charge in [-0.3, -0.25) is 0 Å². The topological polar surface area (TPSA) is 41.1 Å². The normalized spacial score (nSPS) is 13.8. The van der Waals surface area contributed by atoms with Crippen LogP contribution in [0.25, 0.3) is 10.9 Å². The lowest BCUT2D eigenvalue weighted by atomic mass is 10.1. The number of para-hydroxylation sites is 1. The number of piperidine rings is 1. The number of anilines is 2. The van der Waals surface area contributed by atoms with Crippen molar-refractivity contribution >= 4 is 22.7 Å². The summed E-state index contributed by atoms with van der Waals surface area (Å²) in [6.07, 6.45) is 3.76. The molecule has 0 amide bonds. The highest BCUT2D eigenvalue weighted by Crippen LogP contribution is 2.25. The number of nitrogens with one attached hydrogen (secondary N) is 1. The Morgan fingerprint density at radius 3 is 2.31 bits per heavy atom. The quantitative estimate of drug-likeness (QED) is 0.698. The first-order chi connectivity index (χ1) is 12.9. The zero-order chi connectivity index (χ0) is 18.2. The predicted octanol–water partition coefficient (Wildman–Crippen LogP) is 5.26. The Balaban J connectivity index is 0.000000948. The van der Waals surface area contributed by atoms with Crippen LogP contribution in [0.1, 0.15) is 38.7 Å². The van der Waals surface area contributed by atoms with Crippen LogP contribution in [0.4, 0.5) is 11.8 Å². The molecule has 0 unspecified atom stereocenters. The number of fused-ring (bicyclic) bond motifs is 1. The highest BCUT2D eigenvalue weighted by atomic mass is 15.3. The summed E-state index contributed by atoms with van der Waals surface area (Å²) < 4.78 is 0. The van der Waals surface area contributed by atoms with Gasteiger partial charge < -0.3 is 10.2 Å². The molecule has 26 heavy (non-hydrogen) atoms. The molecule has 3 aromatic rings. The maximum atomic E-state index is 4.84. The molecular weight excluding hydrogens is 320 g/mol. The van der Waals surface area contributed by atoms with Gasteiger partial charge in [0.1, 0.15) is 5.82 Å². The van der Waals surface area contributed by atoms with Crippen molar-refractivity contribution in [2.24, 2.45) is 0 Å². The summed E-state index contributed by atoms with van der Waals surface area (Å²) in [5.74, 6) is 1.77. The fourth-order valence-corrected chi connectivity index (χ4v) is 3.22. The van der Waals surface area contributed by atoms with Crippen LogP contribution in [0.15, 0.2) is 54.6 Å². The summed E-state index contributed by atoms with van der Waals surface area (Å²) in [6, 6.07) is 18.7. The first-order valence-corrected chi connectivity index (χ1v) is 9.70. The Morgan fingerprint density at radius 1 is 0.846 bits per heavy atom. The molecule has 0 bridgehead atoms. The SMILES string of the molecule is CC.c1ccc(CNc2nc(N3CCCCC3)nc3ccccc23)cc1. The molecule has 0 saturated carbocycles. The summed E-state index contributed by atoms with van der Waals surface area (Å²) >= 11 is 0. The van der Waals surface area contributed by atoms with Crippen molar-refractivity contribution in [1.29, 1.82) is 0 Å². The monoisotopic (exact) mass is 348 g/mol. The molecule has 2 aromatic carbocycles. The van der Waals surface area contributed by atoms with Gasteiger partial charge >= 0.3 is 0 Å². The fraction of sp³-hybridized carbons (Fsp3) is 0.364. The molecule has 1 fully saturated rings. The van der Waals surface area contributed by atoms with Gasteiger partial charge in [-0.25, -0.2) is 4.98 Å². The van der Waals surface area contributed by atoms with Gasteiger partial charge in [0.05, 0.1) is 5.52 Å². The van der Waals surface area contributed by atoms with Crippen LogP contribution in [0.3, 0.4) is 0 Å². The van der Waals surface area contributed by atoms with E-state index in [-0.39, 0.29) is 0 Å². The Labute approximate surface area is 156 Å². The molecule has 0 aliphatic carbocycles. The van der Waals surface area contributed by atoms with Gasteiger partial charge in [0.15, 0.2) is 0 Å². The fourth-order valence-electron chi connectivity index (χ4n) is 3.22. The third-order valence-corrected chi connectivity index (χ3v) is 4.53. The van der Waals surface area contributed by atoms with E-state index in [1.807, 2.05) is 32.0 Å². The van der Waals surface area contributed by atoms with E-state index in [1.165, 1.54) is 24.8 Å². The standard InChI is InChI=1S/C20H22N4.C2H6/c1-3-9-16(10-4-1)15-21-19-17-11-5-6-12-18(17)22-20(23-19)24-13-7-2-8-14-24;1-2/h1,3-6,9-12H,2,7-8,13-15H2,(H,21,22,23);1-2H3. The van der Waals surface area contributed by atoms with Gasteiger partial charge in [-0.05, 0) is 37.0 Å². The number of aromatic nitrogens is 2.